The molecule has 0 fully saturated rings. The molecule has 1 rings (SSSR count). The zero-order valence-electron chi connectivity index (χ0n) is 10.9. The Kier molecular flexibility index (Phi) is 5.06. The van der Waals surface area contributed by atoms with Crippen LogP contribution in [0.5, 0.6) is 0 Å². The number of likely N-dealkylation sites (N-methyl/N-ethyl adjacent to an activating group) is 1. The molecular weight excluding hydrogens is 252 g/mol. The molecule has 0 saturated heterocycles. The van der Waals surface area contributed by atoms with Gasteiger partial charge < -0.3 is 21.1 Å². The van der Waals surface area contributed by atoms with Crippen LogP contribution in [0, 0.1) is 0 Å². The number of hydrogen-bond donors (Lipinski definition) is 3. The first-order valence-corrected chi connectivity index (χ1v) is 6.50. The van der Waals surface area contributed by atoms with E-state index in [4.69, 9.17) is 5.73 Å². The first kappa shape index (κ1) is 14.9. The van der Waals surface area contributed by atoms with E-state index in [-0.39, 0.29) is 18.9 Å². The molecule has 1 amide bonds. The van der Waals surface area contributed by atoms with Crippen LogP contribution >= 0.6 is 11.3 Å². The third-order valence-corrected chi connectivity index (χ3v) is 2.96. The molecule has 0 aliphatic rings. The first-order chi connectivity index (χ1) is 8.28. The summed E-state index contributed by atoms with van der Waals surface area (Å²) in [5.74, 6) is -0.167. The van der Waals surface area contributed by atoms with Gasteiger partial charge in [-0.15, -0.1) is 11.3 Å². The average Bonchev–Trinajstić information content (AvgIpc) is 2.59. The van der Waals surface area contributed by atoms with E-state index in [1.54, 1.807) is 12.3 Å². The third kappa shape index (κ3) is 5.44. The number of hydrogen-bond acceptors (Lipinski definition) is 6. The van der Waals surface area contributed by atoms with Crippen molar-refractivity contribution in [3.63, 3.8) is 0 Å². The van der Waals surface area contributed by atoms with Gasteiger partial charge in [-0.1, -0.05) is 0 Å². The summed E-state index contributed by atoms with van der Waals surface area (Å²) < 4.78 is 0. The summed E-state index contributed by atoms with van der Waals surface area (Å²) >= 11 is 1.31. The fourth-order valence-corrected chi connectivity index (χ4v) is 2.22. The van der Waals surface area contributed by atoms with Gasteiger partial charge in [0.15, 0.2) is 5.13 Å². The fraction of sp³-hybridized carbons (Fsp3) is 0.636. The molecule has 6 nitrogen and oxygen atoms in total. The van der Waals surface area contributed by atoms with Crippen molar-refractivity contribution in [2.24, 2.45) is 0 Å². The molecule has 0 radical (unpaired) electrons. The summed E-state index contributed by atoms with van der Waals surface area (Å²) in [6.45, 7) is 2.38. The maximum Gasteiger partial charge on any atom is 0.226 e. The van der Waals surface area contributed by atoms with Crippen molar-refractivity contribution in [2.45, 2.75) is 18.9 Å². The number of aliphatic hydroxyl groups is 1. The molecule has 0 spiro atoms. The van der Waals surface area contributed by atoms with E-state index >= 15 is 0 Å². The Morgan fingerprint density at radius 3 is 2.83 bits per heavy atom. The molecule has 0 aliphatic heterocycles. The van der Waals surface area contributed by atoms with Crippen molar-refractivity contribution in [1.29, 1.82) is 0 Å². The Morgan fingerprint density at radius 2 is 2.33 bits per heavy atom. The summed E-state index contributed by atoms with van der Waals surface area (Å²) in [7, 11) is 3.74. The van der Waals surface area contributed by atoms with Gasteiger partial charge in [-0.3, -0.25) is 4.79 Å². The molecule has 0 bridgehead atoms. The Labute approximate surface area is 111 Å². The molecular formula is C11H20N4O2S. The molecule has 0 aliphatic carbocycles. The number of nitrogens with zero attached hydrogens (tertiary/aromatic N) is 2. The lowest BCUT2D eigenvalue weighted by Gasteiger charge is -2.27. The van der Waals surface area contributed by atoms with E-state index < -0.39 is 5.60 Å². The minimum atomic E-state index is -0.944. The van der Waals surface area contributed by atoms with Crippen molar-refractivity contribution in [3.05, 3.63) is 11.1 Å². The van der Waals surface area contributed by atoms with Gasteiger partial charge in [-0.25, -0.2) is 4.98 Å². The van der Waals surface area contributed by atoms with Crippen molar-refractivity contribution < 1.29 is 9.90 Å². The van der Waals surface area contributed by atoms with Gasteiger partial charge in [0, 0.05) is 18.5 Å². The number of anilines is 1. The second-order valence-electron chi connectivity index (χ2n) is 4.87. The Hall–Kier alpha value is -1.18. The zero-order valence-corrected chi connectivity index (χ0v) is 11.8. The van der Waals surface area contributed by atoms with Crippen LogP contribution in [0.25, 0.3) is 0 Å². The molecule has 18 heavy (non-hydrogen) atoms. The number of aromatic nitrogens is 1. The van der Waals surface area contributed by atoms with Gasteiger partial charge in [0.2, 0.25) is 5.91 Å². The zero-order chi connectivity index (χ0) is 13.8. The highest BCUT2D eigenvalue weighted by Gasteiger charge is 2.22. The lowest BCUT2D eigenvalue weighted by atomic mass is 10.1. The summed E-state index contributed by atoms with van der Waals surface area (Å²) in [4.78, 5) is 17.5. The smallest absolute Gasteiger partial charge is 0.226 e. The number of nitrogens with one attached hydrogen (secondary N) is 1. The van der Waals surface area contributed by atoms with Crippen LogP contribution in [0.15, 0.2) is 5.38 Å². The Bertz CT molecular complexity index is 404. The first-order valence-electron chi connectivity index (χ1n) is 5.62. The molecule has 0 aromatic carbocycles. The van der Waals surface area contributed by atoms with E-state index in [9.17, 15) is 9.90 Å². The van der Waals surface area contributed by atoms with E-state index in [1.807, 2.05) is 19.0 Å². The van der Waals surface area contributed by atoms with Gasteiger partial charge >= 0.3 is 0 Å². The predicted octanol–water partition coefficient (Wildman–Crippen LogP) is -0.303. The Balaban J connectivity index is 2.37. The number of carbonyl (C=O) groups excluding carboxylic acids is 1. The summed E-state index contributed by atoms with van der Waals surface area (Å²) in [6.07, 6.45) is 0.186. The average molecular weight is 272 g/mol. The maximum absolute atomic E-state index is 11.6. The number of amides is 1. The summed E-state index contributed by atoms with van der Waals surface area (Å²) in [5.41, 5.74) is 5.19. The number of carbonyl (C=O) groups is 1. The summed E-state index contributed by atoms with van der Waals surface area (Å²) in [5, 5.41) is 14.9. The number of nitrogens with two attached hydrogens (primary N) is 1. The molecule has 1 aromatic heterocycles. The Morgan fingerprint density at radius 1 is 1.67 bits per heavy atom. The van der Waals surface area contributed by atoms with Crippen molar-refractivity contribution >= 4 is 22.4 Å². The van der Waals surface area contributed by atoms with Crippen molar-refractivity contribution in [1.82, 2.24) is 15.2 Å². The van der Waals surface area contributed by atoms with Gasteiger partial charge in [-0.05, 0) is 21.0 Å². The highest BCUT2D eigenvalue weighted by Crippen LogP contribution is 2.11. The normalized spacial score (nSPS) is 14.5. The van der Waals surface area contributed by atoms with Crippen LogP contribution in [0.3, 0.4) is 0 Å². The minimum Gasteiger partial charge on any atom is -0.387 e. The largest absolute Gasteiger partial charge is 0.387 e. The van der Waals surface area contributed by atoms with Gasteiger partial charge in [0.05, 0.1) is 17.7 Å². The molecule has 1 atom stereocenters. The quantitative estimate of drug-likeness (QED) is 0.661. The van der Waals surface area contributed by atoms with E-state index in [0.29, 0.717) is 17.4 Å². The highest BCUT2D eigenvalue weighted by atomic mass is 32.1. The maximum atomic E-state index is 11.6. The SMILES string of the molecule is CN(C)CC(C)(O)CNC(=O)Cc1csc(N)n1. The predicted molar refractivity (Wildman–Crippen MR) is 72.4 cm³/mol. The molecule has 1 heterocycles. The molecule has 1 aromatic rings. The lowest BCUT2D eigenvalue weighted by Crippen LogP contribution is -2.47. The molecule has 7 heteroatoms. The second kappa shape index (κ2) is 6.12. The summed E-state index contributed by atoms with van der Waals surface area (Å²) in [6, 6.07) is 0. The van der Waals surface area contributed by atoms with Crippen molar-refractivity contribution in [3.8, 4) is 0 Å². The third-order valence-electron chi connectivity index (χ3n) is 2.23. The van der Waals surface area contributed by atoms with Crippen LogP contribution in [0.2, 0.25) is 0 Å². The highest BCUT2D eigenvalue weighted by molar-refractivity contribution is 7.13. The van der Waals surface area contributed by atoms with E-state index in [0.717, 1.165) is 0 Å². The molecule has 0 saturated carbocycles. The second-order valence-corrected chi connectivity index (χ2v) is 5.75. The number of nitrogen functional groups attached to an aromatic ring is 1. The van der Waals surface area contributed by atoms with Crippen LogP contribution in [0.1, 0.15) is 12.6 Å². The van der Waals surface area contributed by atoms with Crippen molar-refractivity contribution in [2.75, 3.05) is 32.9 Å². The number of thiazole rings is 1. The lowest BCUT2D eigenvalue weighted by molar-refractivity contribution is -0.121. The standard InChI is InChI=1S/C11H20N4O2S/c1-11(17,7-15(2)3)6-13-9(16)4-8-5-18-10(12)14-8/h5,17H,4,6-7H2,1-3H3,(H2,12,14)(H,13,16). The monoisotopic (exact) mass is 272 g/mol. The topological polar surface area (TPSA) is 91.5 Å². The number of rotatable bonds is 6. The minimum absolute atomic E-state index is 0.167. The van der Waals surface area contributed by atoms with Gasteiger partial charge in [0.1, 0.15) is 0 Å². The fourth-order valence-electron chi connectivity index (χ4n) is 1.66. The van der Waals surface area contributed by atoms with E-state index in [2.05, 4.69) is 10.3 Å². The van der Waals surface area contributed by atoms with Crippen LogP contribution < -0.4 is 11.1 Å². The van der Waals surface area contributed by atoms with Gasteiger partial charge in [0.25, 0.3) is 0 Å². The molecule has 102 valence electrons. The van der Waals surface area contributed by atoms with Crippen LogP contribution in [-0.4, -0.2) is 53.7 Å². The van der Waals surface area contributed by atoms with Gasteiger partial charge in [-0.2, -0.15) is 0 Å². The van der Waals surface area contributed by atoms with Crippen LogP contribution in [-0.2, 0) is 11.2 Å². The molecule has 4 N–H and O–H groups in total. The molecule has 1 unspecified atom stereocenters. The van der Waals surface area contributed by atoms with Crippen LogP contribution in [0.4, 0.5) is 5.13 Å². The van der Waals surface area contributed by atoms with E-state index in [1.165, 1.54) is 11.3 Å².